The first-order valence-electron chi connectivity index (χ1n) is 8.02. The summed E-state index contributed by atoms with van der Waals surface area (Å²) < 4.78 is 10.9. The number of aromatic nitrogens is 2. The Morgan fingerprint density at radius 3 is 2.45 bits per heavy atom. The van der Waals surface area contributed by atoms with Crippen molar-refractivity contribution < 1.29 is 14.1 Å². The minimum Gasteiger partial charge on any atom is -0.372 e. The monoisotopic (exact) mass is 309 g/mol. The van der Waals surface area contributed by atoms with Crippen LogP contribution in [0.4, 0.5) is 0 Å². The first-order valence-corrected chi connectivity index (χ1v) is 8.02. The van der Waals surface area contributed by atoms with Crippen molar-refractivity contribution in [1.82, 2.24) is 15.0 Å². The highest BCUT2D eigenvalue weighted by Crippen LogP contribution is 2.19. The normalized spacial score (nSPS) is 22.9. The Morgan fingerprint density at radius 2 is 1.91 bits per heavy atom. The molecule has 0 aliphatic carbocycles. The summed E-state index contributed by atoms with van der Waals surface area (Å²) in [5.74, 6) is 1.50. The van der Waals surface area contributed by atoms with Crippen molar-refractivity contribution in [3.05, 3.63) is 11.7 Å². The van der Waals surface area contributed by atoms with Gasteiger partial charge in [0.25, 0.3) is 0 Å². The maximum Gasteiger partial charge on any atom is 0.226 e. The van der Waals surface area contributed by atoms with Crippen LogP contribution in [-0.4, -0.2) is 46.2 Å². The van der Waals surface area contributed by atoms with Crippen molar-refractivity contribution in [2.75, 3.05) is 13.1 Å². The van der Waals surface area contributed by atoms with E-state index in [9.17, 15) is 4.79 Å². The van der Waals surface area contributed by atoms with Gasteiger partial charge in [-0.15, -0.1) is 0 Å². The first kappa shape index (κ1) is 16.9. The standard InChI is InChI=1S/C16H27N3O3/c1-11-9-19(10-12(2)21-11)14(20)8-6-7-13-17-15(18-22-13)16(3,4)5/h11-12H,6-10H2,1-5H3. The van der Waals surface area contributed by atoms with Crippen LogP contribution < -0.4 is 0 Å². The minimum absolute atomic E-state index is 0.109. The van der Waals surface area contributed by atoms with Crippen LogP contribution in [0.5, 0.6) is 0 Å². The molecule has 0 N–H and O–H groups in total. The largest absolute Gasteiger partial charge is 0.372 e. The summed E-state index contributed by atoms with van der Waals surface area (Å²) in [5, 5.41) is 4.00. The van der Waals surface area contributed by atoms with Crippen LogP contribution in [0.2, 0.25) is 0 Å². The second-order valence-corrected chi connectivity index (χ2v) is 7.17. The fraction of sp³-hybridized carbons (Fsp3) is 0.812. The highest BCUT2D eigenvalue weighted by Gasteiger charge is 2.25. The smallest absolute Gasteiger partial charge is 0.226 e. The van der Waals surface area contributed by atoms with Crippen LogP contribution in [0.25, 0.3) is 0 Å². The van der Waals surface area contributed by atoms with Crippen molar-refractivity contribution in [3.63, 3.8) is 0 Å². The molecule has 0 saturated carbocycles. The molecular weight excluding hydrogens is 282 g/mol. The van der Waals surface area contributed by atoms with E-state index >= 15 is 0 Å². The Labute approximate surface area is 132 Å². The molecule has 6 nitrogen and oxygen atoms in total. The summed E-state index contributed by atoms with van der Waals surface area (Å²) in [5.41, 5.74) is -0.113. The fourth-order valence-electron chi connectivity index (χ4n) is 2.59. The topological polar surface area (TPSA) is 68.5 Å². The summed E-state index contributed by atoms with van der Waals surface area (Å²) in [6.45, 7) is 11.5. The molecule has 2 heterocycles. The zero-order valence-electron chi connectivity index (χ0n) is 14.3. The Balaban J connectivity index is 1.78. The fourth-order valence-corrected chi connectivity index (χ4v) is 2.59. The molecule has 124 valence electrons. The van der Waals surface area contributed by atoms with E-state index in [2.05, 4.69) is 10.1 Å². The van der Waals surface area contributed by atoms with Gasteiger partial charge in [0, 0.05) is 31.3 Å². The summed E-state index contributed by atoms with van der Waals surface area (Å²) in [4.78, 5) is 18.5. The third kappa shape index (κ3) is 4.53. The van der Waals surface area contributed by atoms with Gasteiger partial charge in [-0.3, -0.25) is 4.79 Å². The zero-order valence-corrected chi connectivity index (χ0v) is 14.3. The van der Waals surface area contributed by atoms with E-state index in [1.807, 2.05) is 39.5 Å². The second kappa shape index (κ2) is 6.77. The molecule has 1 aromatic rings. The summed E-state index contributed by atoms with van der Waals surface area (Å²) in [6.07, 6.45) is 2.10. The van der Waals surface area contributed by atoms with Crippen molar-refractivity contribution >= 4 is 5.91 Å². The SMILES string of the molecule is CC1CN(C(=O)CCCc2nc(C(C)(C)C)no2)CC(C)O1. The van der Waals surface area contributed by atoms with Crippen molar-refractivity contribution in [2.24, 2.45) is 0 Å². The summed E-state index contributed by atoms with van der Waals surface area (Å²) >= 11 is 0. The van der Waals surface area contributed by atoms with Gasteiger partial charge in [0.2, 0.25) is 11.8 Å². The maximum absolute atomic E-state index is 12.2. The van der Waals surface area contributed by atoms with E-state index in [1.54, 1.807) is 0 Å². The zero-order chi connectivity index (χ0) is 16.3. The molecule has 0 aromatic carbocycles. The molecule has 1 aliphatic rings. The number of ether oxygens (including phenoxy) is 1. The van der Waals surface area contributed by atoms with Gasteiger partial charge in [-0.1, -0.05) is 25.9 Å². The Hall–Kier alpha value is -1.43. The van der Waals surface area contributed by atoms with Crippen molar-refractivity contribution in [3.8, 4) is 0 Å². The quantitative estimate of drug-likeness (QED) is 0.854. The van der Waals surface area contributed by atoms with Crippen molar-refractivity contribution in [2.45, 2.75) is 71.5 Å². The number of aryl methyl sites for hydroxylation is 1. The third-order valence-electron chi connectivity index (χ3n) is 3.69. The van der Waals surface area contributed by atoms with E-state index < -0.39 is 0 Å². The first-order chi connectivity index (χ1) is 10.3. The molecule has 1 saturated heterocycles. The highest BCUT2D eigenvalue weighted by molar-refractivity contribution is 5.76. The molecule has 1 fully saturated rings. The van der Waals surface area contributed by atoms with Crippen LogP contribution in [0, 0.1) is 0 Å². The Morgan fingerprint density at radius 1 is 1.27 bits per heavy atom. The van der Waals surface area contributed by atoms with Gasteiger partial charge in [0.05, 0.1) is 12.2 Å². The lowest BCUT2D eigenvalue weighted by molar-refractivity contribution is -0.143. The van der Waals surface area contributed by atoms with Gasteiger partial charge in [0.15, 0.2) is 5.82 Å². The van der Waals surface area contributed by atoms with Gasteiger partial charge < -0.3 is 14.2 Å². The average molecular weight is 309 g/mol. The molecule has 1 aromatic heterocycles. The number of nitrogens with zero attached hydrogens (tertiary/aromatic N) is 3. The molecule has 1 amide bonds. The molecule has 0 radical (unpaired) electrons. The second-order valence-electron chi connectivity index (χ2n) is 7.17. The molecule has 22 heavy (non-hydrogen) atoms. The van der Waals surface area contributed by atoms with E-state index in [-0.39, 0.29) is 23.5 Å². The molecule has 2 atom stereocenters. The Bertz CT molecular complexity index is 497. The predicted octanol–water partition coefficient (Wildman–Crippen LogP) is 2.33. The van der Waals surface area contributed by atoms with Crippen LogP contribution in [0.3, 0.4) is 0 Å². The van der Waals surface area contributed by atoms with Gasteiger partial charge in [-0.25, -0.2) is 0 Å². The summed E-state index contributed by atoms with van der Waals surface area (Å²) in [6, 6.07) is 0. The van der Waals surface area contributed by atoms with Gasteiger partial charge >= 0.3 is 0 Å². The number of carbonyl (C=O) groups excluding carboxylic acids is 1. The lowest BCUT2D eigenvalue weighted by Gasteiger charge is -2.35. The number of rotatable bonds is 4. The molecule has 6 heteroatoms. The Kier molecular flexibility index (Phi) is 5.21. The molecule has 2 rings (SSSR count). The van der Waals surface area contributed by atoms with Gasteiger partial charge in [-0.2, -0.15) is 4.98 Å². The van der Waals surface area contributed by atoms with Crippen molar-refractivity contribution in [1.29, 1.82) is 0 Å². The molecule has 0 spiro atoms. The van der Waals surface area contributed by atoms with Gasteiger partial charge in [-0.05, 0) is 20.3 Å². The molecular formula is C16H27N3O3. The number of amides is 1. The minimum atomic E-state index is -0.113. The number of morpholine rings is 1. The number of carbonyl (C=O) groups is 1. The predicted molar refractivity (Wildman–Crippen MR) is 82.5 cm³/mol. The van der Waals surface area contributed by atoms with Crippen LogP contribution in [0.15, 0.2) is 4.52 Å². The van der Waals surface area contributed by atoms with E-state index in [0.29, 0.717) is 37.6 Å². The van der Waals surface area contributed by atoms with Crippen LogP contribution in [0.1, 0.15) is 59.2 Å². The van der Waals surface area contributed by atoms with E-state index in [0.717, 1.165) is 6.42 Å². The van der Waals surface area contributed by atoms with Crippen LogP contribution >= 0.6 is 0 Å². The number of hydrogen-bond donors (Lipinski definition) is 0. The summed E-state index contributed by atoms with van der Waals surface area (Å²) in [7, 11) is 0. The third-order valence-corrected chi connectivity index (χ3v) is 3.69. The van der Waals surface area contributed by atoms with Crippen LogP contribution in [-0.2, 0) is 21.4 Å². The molecule has 0 bridgehead atoms. The highest BCUT2D eigenvalue weighted by atomic mass is 16.5. The average Bonchev–Trinajstić information content (AvgIpc) is 2.86. The van der Waals surface area contributed by atoms with E-state index in [4.69, 9.17) is 9.26 Å². The molecule has 1 aliphatic heterocycles. The lowest BCUT2D eigenvalue weighted by Crippen LogP contribution is -2.48. The molecule has 2 unspecified atom stereocenters. The number of hydrogen-bond acceptors (Lipinski definition) is 5. The lowest BCUT2D eigenvalue weighted by atomic mass is 9.96. The maximum atomic E-state index is 12.2. The van der Waals surface area contributed by atoms with Gasteiger partial charge in [0.1, 0.15) is 0 Å². The van der Waals surface area contributed by atoms with E-state index in [1.165, 1.54) is 0 Å².